The number of unbranched alkanes of at least 4 members (excludes halogenated alkanes) is 3. The van der Waals surface area contributed by atoms with Gasteiger partial charge in [-0.25, -0.2) is 4.79 Å². The Hall–Kier alpha value is -1.58. The second kappa shape index (κ2) is 12.2. The molecule has 21 heavy (non-hydrogen) atoms. The Morgan fingerprint density at radius 2 is 1.86 bits per heavy atom. The van der Waals surface area contributed by atoms with Crippen LogP contribution in [-0.2, 0) is 9.59 Å². The lowest BCUT2D eigenvalue weighted by Crippen LogP contribution is -2.39. The molecule has 0 aliphatic carbocycles. The Labute approximate surface area is 128 Å². The summed E-state index contributed by atoms with van der Waals surface area (Å²) in [5.74, 6) is -0.596. The van der Waals surface area contributed by atoms with Gasteiger partial charge in [0.25, 0.3) is 0 Å². The van der Waals surface area contributed by atoms with Crippen molar-refractivity contribution < 1.29 is 14.7 Å². The van der Waals surface area contributed by atoms with E-state index < -0.39 is 12.0 Å². The van der Waals surface area contributed by atoms with E-state index in [-0.39, 0.29) is 5.91 Å². The average Bonchev–Trinajstić information content (AvgIpc) is 2.42. The zero-order valence-corrected chi connectivity index (χ0v) is 13.5. The highest BCUT2D eigenvalue weighted by atomic mass is 16.4. The molecule has 0 aromatic rings. The van der Waals surface area contributed by atoms with Gasteiger partial charge in [0, 0.05) is 6.08 Å². The van der Waals surface area contributed by atoms with Gasteiger partial charge >= 0.3 is 5.97 Å². The van der Waals surface area contributed by atoms with E-state index in [4.69, 9.17) is 5.11 Å². The maximum atomic E-state index is 11.5. The van der Waals surface area contributed by atoms with E-state index in [2.05, 4.69) is 19.2 Å². The summed E-state index contributed by atoms with van der Waals surface area (Å²) in [6, 6.07) is -0.813. The molecule has 4 nitrogen and oxygen atoms in total. The maximum Gasteiger partial charge on any atom is 0.326 e. The zero-order valence-electron chi connectivity index (χ0n) is 13.5. The molecule has 0 saturated heterocycles. The molecule has 4 heteroatoms. The number of allylic oxidation sites excluding steroid dienone is 3. The number of rotatable bonds is 11. The zero-order chi connectivity index (χ0) is 16.1. The molecule has 0 fully saturated rings. The van der Waals surface area contributed by atoms with Crippen LogP contribution in [-0.4, -0.2) is 23.0 Å². The van der Waals surface area contributed by atoms with Gasteiger partial charge < -0.3 is 10.4 Å². The van der Waals surface area contributed by atoms with Gasteiger partial charge in [-0.2, -0.15) is 0 Å². The molecular formula is C17H29NO3. The Morgan fingerprint density at radius 3 is 2.43 bits per heavy atom. The second-order valence-electron chi connectivity index (χ2n) is 5.63. The molecule has 0 rings (SSSR count). The first-order valence-corrected chi connectivity index (χ1v) is 7.83. The number of amides is 1. The minimum atomic E-state index is -1.00. The van der Waals surface area contributed by atoms with Crippen molar-refractivity contribution in [2.75, 3.05) is 0 Å². The Morgan fingerprint density at radius 1 is 1.14 bits per heavy atom. The van der Waals surface area contributed by atoms with Crippen LogP contribution in [0.2, 0.25) is 0 Å². The minimum Gasteiger partial charge on any atom is -0.480 e. The van der Waals surface area contributed by atoms with Gasteiger partial charge in [0.2, 0.25) is 5.91 Å². The van der Waals surface area contributed by atoms with Gasteiger partial charge in [0.1, 0.15) is 6.04 Å². The molecule has 1 amide bonds. The minimum absolute atomic E-state index is 0.370. The first-order valence-electron chi connectivity index (χ1n) is 7.83. The smallest absolute Gasteiger partial charge is 0.326 e. The number of aliphatic carboxylic acids is 1. The van der Waals surface area contributed by atoms with E-state index in [0.29, 0.717) is 6.42 Å². The van der Waals surface area contributed by atoms with Crippen LogP contribution in [0.4, 0.5) is 0 Å². The molecule has 1 atom stereocenters. The third kappa shape index (κ3) is 11.9. The summed E-state index contributed by atoms with van der Waals surface area (Å²) in [5, 5.41) is 11.3. The molecule has 0 aromatic heterocycles. The number of carboxylic acids is 1. The molecule has 0 aromatic carbocycles. The summed E-state index contributed by atoms with van der Waals surface area (Å²) >= 11 is 0. The number of hydrogen-bond donors (Lipinski definition) is 2. The predicted molar refractivity (Wildman–Crippen MR) is 86.1 cm³/mol. The fourth-order valence-corrected chi connectivity index (χ4v) is 1.87. The van der Waals surface area contributed by atoms with Crippen LogP contribution >= 0.6 is 0 Å². The Bertz CT molecular complexity index is 359. The molecule has 0 aliphatic heterocycles. The van der Waals surface area contributed by atoms with Gasteiger partial charge in [0.15, 0.2) is 0 Å². The third-order valence-corrected chi connectivity index (χ3v) is 3.17. The van der Waals surface area contributed by atoms with Crippen LogP contribution in [0.5, 0.6) is 0 Å². The Kier molecular flexibility index (Phi) is 11.3. The molecular weight excluding hydrogens is 266 g/mol. The van der Waals surface area contributed by atoms with Crippen molar-refractivity contribution in [2.24, 2.45) is 5.92 Å². The van der Waals surface area contributed by atoms with Crippen molar-refractivity contribution in [3.05, 3.63) is 24.3 Å². The number of carbonyl (C=O) groups excluding carboxylic acids is 1. The van der Waals surface area contributed by atoms with E-state index in [1.165, 1.54) is 31.8 Å². The first kappa shape index (κ1) is 19.4. The van der Waals surface area contributed by atoms with Crippen molar-refractivity contribution in [3.8, 4) is 0 Å². The lowest BCUT2D eigenvalue weighted by Gasteiger charge is -2.09. The predicted octanol–water partition coefficient (Wildman–Crippen LogP) is 3.68. The highest BCUT2D eigenvalue weighted by molar-refractivity contribution is 5.91. The number of carboxylic acid groups (broad SMARTS) is 1. The molecule has 0 spiro atoms. The SMILES string of the molecule is CC[C@H](NC(=O)/C=C/C=C/CCCCCC(C)C)C(=O)O. The number of hydrogen-bond acceptors (Lipinski definition) is 2. The maximum absolute atomic E-state index is 11.5. The highest BCUT2D eigenvalue weighted by Crippen LogP contribution is 2.09. The fraction of sp³-hybridized carbons (Fsp3) is 0.647. The van der Waals surface area contributed by atoms with E-state index in [1.54, 1.807) is 13.0 Å². The molecule has 2 N–H and O–H groups in total. The van der Waals surface area contributed by atoms with Crippen LogP contribution in [0.3, 0.4) is 0 Å². The molecule has 0 aliphatic rings. The monoisotopic (exact) mass is 295 g/mol. The third-order valence-electron chi connectivity index (χ3n) is 3.17. The Balaban J connectivity index is 3.76. The summed E-state index contributed by atoms with van der Waals surface area (Å²) in [7, 11) is 0. The highest BCUT2D eigenvalue weighted by Gasteiger charge is 2.15. The summed E-state index contributed by atoms with van der Waals surface area (Å²) in [6.07, 6.45) is 13.2. The molecule has 0 saturated carbocycles. The van der Waals surface area contributed by atoms with Gasteiger partial charge in [-0.1, -0.05) is 58.3 Å². The van der Waals surface area contributed by atoms with Crippen LogP contribution < -0.4 is 5.32 Å². The van der Waals surface area contributed by atoms with Crippen LogP contribution in [0.25, 0.3) is 0 Å². The van der Waals surface area contributed by atoms with Gasteiger partial charge in [-0.05, 0) is 25.2 Å². The molecule has 0 radical (unpaired) electrons. The standard InChI is InChI=1S/C17H29NO3/c1-4-15(17(20)21)18-16(19)13-11-9-7-5-6-8-10-12-14(2)3/h7,9,11,13-15H,4-6,8,10,12H2,1-3H3,(H,18,19)(H,20,21)/b9-7+,13-11+/t15-/m0/s1. The van der Waals surface area contributed by atoms with E-state index in [0.717, 1.165) is 12.3 Å². The summed E-state index contributed by atoms with van der Waals surface area (Å²) in [5.41, 5.74) is 0. The fourth-order valence-electron chi connectivity index (χ4n) is 1.87. The normalized spacial score (nSPS) is 13.1. The van der Waals surface area contributed by atoms with Crippen molar-refractivity contribution in [3.63, 3.8) is 0 Å². The largest absolute Gasteiger partial charge is 0.480 e. The van der Waals surface area contributed by atoms with Crippen LogP contribution in [0, 0.1) is 5.92 Å². The van der Waals surface area contributed by atoms with E-state index in [9.17, 15) is 9.59 Å². The van der Waals surface area contributed by atoms with Crippen LogP contribution in [0.1, 0.15) is 59.3 Å². The van der Waals surface area contributed by atoms with Gasteiger partial charge in [-0.15, -0.1) is 0 Å². The molecule has 0 heterocycles. The summed E-state index contributed by atoms with van der Waals surface area (Å²) in [6.45, 7) is 6.20. The first-order chi connectivity index (χ1) is 9.97. The quantitative estimate of drug-likeness (QED) is 0.347. The van der Waals surface area contributed by atoms with E-state index in [1.807, 2.05) is 12.2 Å². The average molecular weight is 295 g/mol. The van der Waals surface area contributed by atoms with Crippen LogP contribution in [0.15, 0.2) is 24.3 Å². The molecule has 0 bridgehead atoms. The second-order valence-corrected chi connectivity index (χ2v) is 5.63. The van der Waals surface area contributed by atoms with Crippen molar-refractivity contribution in [1.29, 1.82) is 0 Å². The lowest BCUT2D eigenvalue weighted by atomic mass is 10.0. The lowest BCUT2D eigenvalue weighted by molar-refractivity contribution is -0.141. The topological polar surface area (TPSA) is 66.4 Å². The van der Waals surface area contributed by atoms with E-state index >= 15 is 0 Å². The molecule has 0 unspecified atom stereocenters. The van der Waals surface area contributed by atoms with Gasteiger partial charge in [0.05, 0.1) is 0 Å². The van der Waals surface area contributed by atoms with Crippen molar-refractivity contribution in [2.45, 2.75) is 65.3 Å². The number of nitrogens with one attached hydrogen (secondary N) is 1. The summed E-state index contributed by atoms with van der Waals surface area (Å²) in [4.78, 5) is 22.2. The van der Waals surface area contributed by atoms with Crippen molar-refractivity contribution >= 4 is 11.9 Å². The molecule has 120 valence electrons. The van der Waals surface area contributed by atoms with Gasteiger partial charge in [-0.3, -0.25) is 4.79 Å². The number of carbonyl (C=O) groups is 2. The van der Waals surface area contributed by atoms with Crippen molar-refractivity contribution in [1.82, 2.24) is 5.32 Å². The summed E-state index contributed by atoms with van der Waals surface area (Å²) < 4.78 is 0.